The fourth-order valence-corrected chi connectivity index (χ4v) is 1.64. The van der Waals surface area contributed by atoms with Crippen LogP contribution in [0.15, 0.2) is 0 Å². The Kier molecular flexibility index (Phi) is 2.98. The number of carboxylic acid groups (broad SMARTS) is 1. The Hall–Kier alpha value is -0.970. The Balaban J connectivity index is 2.56. The van der Waals surface area contributed by atoms with Gasteiger partial charge in [0.2, 0.25) is 0 Å². The van der Waals surface area contributed by atoms with Crippen molar-refractivity contribution in [2.45, 2.75) is 13.0 Å². The predicted octanol–water partition coefficient (Wildman–Crippen LogP) is 1.03. The Morgan fingerprint density at radius 2 is 2.08 bits per heavy atom. The van der Waals surface area contributed by atoms with Gasteiger partial charge in [0.25, 0.3) is 0 Å². The minimum absolute atomic E-state index is 0.144. The third-order valence-electron chi connectivity index (χ3n) is 2.12. The molecular weight excluding hydrogens is 196 g/mol. The first-order chi connectivity index (χ1) is 6.02. The van der Waals surface area contributed by atoms with Crippen LogP contribution in [-0.2, 0) is 0 Å². The minimum Gasteiger partial charge on any atom is -0.465 e. The lowest BCUT2D eigenvalue weighted by Crippen LogP contribution is -2.53. The first-order valence-electron chi connectivity index (χ1n) is 3.96. The van der Waals surface area contributed by atoms with Gasteiger partial charge in [-0.2, -0.15) is 0 Å². The highest BCUT2D eigenvalue weighted by molar-refractivity contribution is 6.62. The zero-order valence-corrected chi connectivity index (χ0v) is 7.99. The number of piperazine rings is 1. The summed E-state index contributed by atoms with van der Waals surface area (Å²) in [7, 11) is 0. The van der Waals surface area contributed by atoms with Gasteiger partial charge in [0.1, 0.15) is 0 Å². The summed E-state index contributed by atoms with van der Waals surface area (Å²) in [5.74, 6) is 0. The fraction of sp³-hybridized carbons (Fsp3) is 0.714. The van der Waals surface area contributed by atoms with Crippen LogP contribution in [-0.4, -0.2) is 52.0 Å². The lowest BCUT2D eigenvalue weighted by Gasteiger charge is -2.37. The largest absolute Gasteiger partial charge is 0.465 e. The summed E-state index contributed by atoms with van der Waals surface area (Å²) in [4.78, 5) is 24.1. The molecule has 0 saturated carbocycles. The standard InChI is InChI=1S/C7H11ClN2O3/c1-5-4-9(7(12)13)2-3-10(5)6(8)11/h5H,2-4H2,1H3,(H,12,13)/t5-/m0/s1. The zero-order chi connectivity index (χ0) is 10.0. The number of halogens is 1. The molecule has 0 bridgehead atoms. The Morgan fingerprint density at radius 1 is 1.46 bits per heavy atom. The second-order valence-corrected chi connectivity index (χ2v) is 3.35. The van der Waals surface area contributed by atoms with Crippen molar-refractivity contribution in [2.24, 2.45) is 0 Å². The molecular formula is C7H11ClN2O3. The van der Waals surface area contributed by atoms with Gasteiger partial charge in [0, 0.05) is 25.7 Å². The maximum Gasteiger partial charge on any atom is 0.407 e. The van der Waals surface area contributed by atoms with Crippen LogP contribution in [0.1, 0.15) is 6.92 Å². The van der Waals surface area contributed by atoms with Crippen molar-refractivity contribution in [1.29, 1.82) is 0 Å². The van der Waals surface area contributed by atoms with Gasteiger partial charge >= 0.3 is 11.5 Å². The normalized spacial score (nSPS) is 23.1. The van der Waals surface area contributed by atoms with Gasteiger partial charge in [-0.25, -0.2) is 4.79 Å². The third-order valence-corrected chi connectivity index (χ3v) is 2.34. The molecule has 1 aliphatic rings. The smallest absolute Gasteiger partial charge is 0.407 e. The molecule has 0 aliphatic carbocycles. The highest BCUT2D eigenvalue weighted by atomic mass is 35.5. The monoisotopic (exact) mass is 206 g/mol. The summed E-state index contributed by atoms with van der Waals surface area (Å²) in [6.45, 7) is 2.80. The summed E-state index contributed by atoms with van der Waals surface area (Å²) in [5.41, 5.74) is 0. The molecule has 1 heterocycles. The number of rotatable bonds is 0. The van der Waals surface area contributed by atoms with Gasteiger partial charge in [0.05, 0.1) is 0 Å². The number of carbonyl (C=O) groups excluding carboxylic acids is 1. The lowest BCUT2D eigenvalue weighted by molar-refractivity contribution is 0.0951. The van der Waals surface area contributed by atoms with Crippen LogP contribution in [0.2, 0.25) is 0 Å². The van der Waals surface area contributed by atoms with Gasteiger partial charge in [0.15, 0.2) is 0 Å². The van der Waals surface area contributed by atoms with E-state index in [9.17, 15) is 9.59 Å². The van der Waals surface area contributed by atoms with Gasteiger partial charge in [-0.1, -0.05) is 0 Å². The van der Waals surface area contributed by atoms with Gasteiger partial charge in [-0.3, -0.25) is 4.79 Å². The van der Waals surface area contributed by atoms with Crippen LogP contribution in [0.25, 0.3) is 0 Å². The number of hydrogen-bond donors (Lipinski definition) is 1. The first kappa shape index (κ1) is 10.1. The average Bonchev–Trinajstić information content (AvgIpc) is 2.03. The van der Waals surface area contributed by atoms with Crippen LogP contribution in [0.5, 0.6) is 0 Å². The molecule has 1 saturated heterocycles. The third kappa shape index (κ3) is 2.24. The van der Waals surface area contributed by atoms with Crippen molar-refractivity contribution < 1.29 is 14.7 Å². The molecule has 1 aliphatic heterocycles. The molecule has 2 amide bonds. The molecule has 13 heavy (non-hydrogen) atoms. The van der Waals surface area contributed by atoms with Crippen molar-refractivity contribution in [3.63, 3.8) is 0 Å². The van der Waals surface area contributed by atoms with E-state index in [1.54, 1.807) is 6.92 Å². The number of hydrogen-bond acceptors (Lipinski definition) is 2. The van der Waals surface area contributed by atoms with Crippen molar-refractivity contribution in [3.8, 4) is 0 Å². The van der Waals surface area contributed by atoms with Crippen molar-refractivity contribution in [1.82, 2.24) is 9.80 Å². The Bertz CT molecular complexity index is 234. The molecule has 74 valence electrons. The molecule has 1 fully saturated rings. The van der Waals surface area contributed by atoms with E-state index in [1.807, 2.05) is 0 Å². The molecule has 1 N–H and O–H groups in total. The van der Waals surface area contributed by atoms with E-state index < -0.39 is 11.5 Å². The highest BCUT2D eigenvalue weighted by Gasteiger charge is 2.28. The van der Waals surface area contributed by atoms with E-state index in [-0.39, 0.29) is 6.04 Å². The van der Waals surface area contributed by atoms with E-state index >= 15 is 0 Å². The van der Waals surface area contributed by atoms with Crippen molar-refractivity contribution in [2.75, 3.05) is 19.6 Å². The quantitative estimate of drug-likeness (QED) is 0.476. The number of amides is 2. The molecule has 5 nitrogen and oxygen atoms in total. The first-order valence-corrected chi connectivity index (χ1v) is 4.34. The van der Waals surface area contributed by atoms with Gasteiger partial charge in [-0.05, 0) is 18.5 Å². The average molecular weight is 207 g/mol. The maximum absolute atomic E-state index is 10.8. The van der Waals surface area contributed by atoms with Gasteiger partial charge < -0.3 is 14.9 Å². The summed E-state index contributed by atoms with van der Waals surface area (Å²) < 4.78 is 0. The number of nitrogens with zero attached hydrogens (tertiary/aromatic N) is 2. The predicted molar refractivity (Wildman–Crippen MR) is 47.0 cm³/mol. The lowest BCUT2D eigenvalue weighted by atomic mass is 10.2. The molecule has 1 atom stereocenters. The molecule has 1 rings (SSSR count). The second-order valence-electron chi connectivity index (χ2n) is 3.02. The van der Waals surface area contributed by atoms with Crippen molar-refractivity contribution >= 4 is 23.1 Å². The van der Waals surface area contributed by atoms with Crippen LogP contribution >= 0.6 is 11.6 Å². The fourth-order valence-electron chi connectivity index (χ4n) is 1.39. The van der Waals surface area contributed by atoms with E-state index in [4.69, 9.17) is 16.7 Å². The van der Waals surface area contributed by atoms with Crippen LogP contribution < -0.4 is 0 Å². The summed E-state index contributed by atoms with van der Waals surface area (Å²) in [5, 5.41) is 8.15. The molecule has 0 aromatic carbocycles. The van der Waals surface area contributed by atoms with E-state index in [2.05, 4.69) is 0 Å². The Morgan fingerprint density at radius 3 is 2.46 bits per heavy atom. The SMILES string of the molecule is C[C@H]1CN(C(=O)O)CCN1C(=O)Cl. The van der Waals surface area contributed by atoms with E-state index in [0.717, 1.165) is 0 Å². The number of carbonyl (C=O) groups is 2. The zero-order valence-electron chi connectivity index (χ0n) is 7.23. The summed E-state index contributed by atoms with van der Waals surface area (Å²) in [6.07, 6.45) is -0.950. The molecule has 0 spiro atoms. The van der Waals surface area contributed by atoms with Gasteiger partial charge in [-0.15, -0.1) is 0 Å². The molecule has 0 radical (unpaired) electrons. The van der Waals surface area contributed by atoms with E-state index in [1.165, 1.54) is 9.80 Å². The van der Waals surface area contributed by atoms with Crippen LogP contribution in [0.3, 0.4) is 0 Å². The van der Waals surface area contributed by atoms with Crippen LogP contribution in [0.4, 0.5) is 9.59 Å². The second kappa shape index (κ2) is 3.83. The molecule has 6 heteroatoms. The topological polar surface area (TPSA) is 60.9 Å². The summed E-state index contributed by atoms with van der Waals surface area (Å²) in [6, 6.07) is -0.144. The maximum atomic E-state index is 10.8. The minimum atomic E-state index is -0.950. The Labute approximate surface area is 80.9 Å². The molecule has 0 unspecified atom stereocenters. The summed E-state index contributed by atoms with van der Waals surface area (Å²) >= 11 is 5.30. The molecule has 0 aromatic heterocycles. The van der Waals surface area contributed by atoms with E-state index in [0.29, 0.717) is 19.6 Å². The highest BCUT2D eigenvalue weighted by Crippen LogP contribution is 2.11. The van der Waals surface area contributed by atoms with Crippen LogP contribution in [0, 0.1) is 0 Å². The van der Waals surface area contributed by atoms with Crippen molar-refractivity contribution in [3.05, 3.63) is 0 Å². The molecule has 0 aromatic rings.